The van der Waals surface area contributed by atoms with Gasteiger partial charge in [0, 0.05) is 17.6 Å². The van der Waals surface area contributed by atoms with E-state index >= 15 is 0 Å². The summed E-state index contributed by atoms with van der Waals surface area (Å²) in [5, 5.41) is 3.06. The van der Waals surface area contributed by atoms with Crippen LogP contribution in [-0.2, 0) is 10.0 Å². The van der Waals surface area contributed by atoms with Gasteiger partial charge in [0.05, 0.1) is 0 Å². The molecule has 0 heterocycles. The van der Waals surface area contributed by atoms with Gasteiger partial charge >= 0.3 is 0 Å². The Morgan fingerprint density at radius 3 is 2.58 bits per heavy atom. The van der Waals surface area contributed by atoms with E-state index in [1.807, 2.05) is 6.92 Å². The first-order chi connectivity index (χ1) is 8.47. The molecule has 8 heteroatoms. The molecule has 0 saturated heterocycles. The Bertz CT molecular complexity index is 499. The monoisotopic (exact) mass is 374 g/mol. The van der Waals surface area contributed by atoms with Crippen molar-refractivity contribution >= 4 is 38.4 Å². The molecule has 0 aliphatic carbocycles. The molecule has 0 radical (unpaired) electrons. The van der Waals surface area contributed by atoms with Crippen LogP contribution >= 0.6 is 28.3 Å². The SMILES string of the molecule is CCCNCCNS(=O)(=O)c1cc(Br)ccc1F.Cl. The van der Waals surface area contributed by atoms with E-state index in [4.69, 9.17) is 0 Å². The largest absolute Gasteiger partial charge is 0.315 e. The van der Waals surface area contributed by atoms with Crippen LogP contribution in [0.3, 0.4) is 0 Å². The van der Waals surface area contributed by atoms with Crippen LogP contribution in [0.25, 0.3) is 0 Å². The van der Waals surface area contributed by atoms with E-state index in [-0.39, 0.29) is 23.8 Å². The average molecular weight is 376 g/mol. The first kappa shape index (κ1) is 18.8. The van der Waals surface area contributed by atoms with Crippen molar-refractivity contribution < 1.29 is 12.8 Å². The third-order valence-electron chi connectivity index (χ3n) is 2.20. The van der Waals surface area contributed by atoms with Crippen LogP contribution < -0.4 is 10.0 Å². The summed E-state index contributed by atoms with van der Waals surface area (Å²) in [5.41, 5.74) is 0. The second kappa shape index (κ2) is 8.86. The first-order valence-electron chi connectivity index (χ1n) is 5.63. The Balaban J connectivity index is 0.00000324. The fraction of sp³-hybridized carbons (Fsp3) is 0.455. The van der Waals surface area contributed by atoms with Crippen molar-refractivity contribution in [3.05, 3.63) is 28.5 Å². The van der Waals surface area contributed by atoms with Gasteiger partial charge in [0.15, 0.2) is 0 Å². The summed E-state index contributed by atoms with van der Waals surface area (Å²) in [6.07, 6.45) is 0.979. The molecule has 19 heavy (non-hydrogen) atoms. The Hall–Kier alpha value is -0.210. The van der Waals surface area contributed by atoms with E-state index in [0.29, 0.717) is 11.0 Å². The van der Waals surface area contributed by atoms with E-state index in [1.165, 1.54) is 12.1 Å². The van der Waals surface area contributed by atoms with Gasteiger partial charge < -0.3 is 5.32 Å². The number of benzene rings is 1. The van der Waals surface area contributed by atoms with Gasteiger partial charge in [-0.05, 0) is 31.2 Å². The number of rotatable bonds is 7. The van der Waals surface area contributed by atoms with E-state index in [1.54, 1.807) is 0 Å². The molecule has 0 fully saturated rings. The molecular weight excluding hydrogens is 359 g/mol. The topological polar surface area (TPSA) is 58.2 Å². The van der Waals surface area contributed by atoms with Crippen molar-refractivity contribution in [2.75, 3.05) is 19.6 Å². The fourth-order valence-electron chi connectivity index (χ4n) is 1.34. The predicted molar refractivity (Wildman–Crippen MR) is 79.7 cm³/mol. The summed E-state index contributed by atoms with van der Waals surface area (Å²) < 4.78 is 40.0. The van der Waals surface area contributed by atoms with Gasteiger partial charge in [-0.2, -0.15) is 0 Å². The number of hydrogen-bond acceptors (Lipinski definition) is 3. The molecule has 2 N–H and O–H groups in total. The molecule has 0 atom stereocenters. The highest BCUT2D eigenvalue weighted by atomic mass is 79.9. The van der Waals surface area contributed by atoms with Crippen molar-refractivity contribution in [1.29, 1.82) is 0 Å². The Kier molecular flexibility index (Phi) is 8.76. The molecular formula is C11H17BrClFN2O2S. The van der Waals surface area contributed by atoms with Gasteiger partial charge in [-0.15, -0.1) is 12.4 Å². The molecule has 0 aliphatic heterocycles. The van der Waals surface area contributed by atoms with Crippen LogP contribution in [0.15, 0.2) is 27.6 Å². The van der Waals surface area contributed by atoms with Gasteiger partial charge in [0.25, 0.3) is 0 Å². The Labute approximate surface area is 127 Å². The van der Waals surface area contributed by atoms with Crippen molar-refractivity contribution in [3.8, 4) is 0 Å². The van der Waals surface area contributed by atoms with Crippen LogP contribution in [0.4, 0.5) is 4.39 Å². The highest BCUT2D eigenvalue weighted by Crippen LogP contribution is 2.19. The Morgan fingerprint density at radius 2 is 1.95 bits per heavy atom. The predicted octanol–water partition coefficient (Wildman–Crippen LogP) is 2.29. The van der Waals surface area contributed by atoms with Gasteiger partial charge in [0.2, 0.25) is 10.0 Å². The van der Waals surface area contributed by atoms with E-state index in [2.05, 4.69) is 26.0 Å². The quantitative estimate of drug-likeness (QED) is 0.719. The van der Waals surface area contributed by atoms with Crippen LogP contribution in [0.2, 0.25) is 0 Å². The molecule has 110 valence electrons. The first-order valence-corrected chi connectivity index (χ1v) is 7.90. The fourth-order valence-corrected chi connectivity index (χ4v) is 2.98. The maximum absolute atomic E-state index is 13.4. The lowest BCUT2D eigenvalue weighted by Gasteiger charge is -2.08. The van der Waals surface area contributed by atoms with Crippen LogP contribution in [0, 0.1) is 5.82 Å². The average Bonchev–Trinajstić information content (AvgIpc) is 2.32. The second-order valence-corrected chi connectivity index (χ2v) is 6.37. The van der Waals surface area contributed by atoms with Crippen molar-refractivity contribution in [2.24, 2.45) is 0 Å². The third-order valence-corrected chi connectivity index (χ3v) is 4.17. The van der Waals surface area contributed by atoms with E-state index < -0.39 is 15.8 Å². The normalized spacial score (nSPS) is 11.1. The summed E-state index contributed by atoms with van der Waals surface area (Å²) in [5.74, 6) is -0.757. The number of nitrogens with one attached hydrogen (secondary N) is 2. The smallest absolute Gasteiger partial charge is 0.243 e. The lowest BCUT2D eigenvalue weighted by Crippen LogP contribution is -2.32. The number of sulfonamides is 1. The zero-order chi connectivity index (χ0) is 13.6. The molecule has 4 nitrogen and oxygen atoms in total. The number of hydrogen-bond donors (Lipinski definition) is 2. The lowest BCUT2D eigenvalue weighted by molar-refractivity contribution is 0.553. The summed E-state index contributed by atoms with van der Waals surface area (Å²) in [4.78, 5) is -0.340. The molecule has 0 saturated carbocycles. The summed E-state index contributed by atoms with van der Waals surface area (Å²) in [6, 6.07) is 3.82. The maximum Gasteiger partial charge on any atom is 0.243 e. The van der Waals surface area contributed by atoms with Crippen LogP contribution in [0.5, 0.6) is 0 Å². The van der Waals surface area contributed by atoms with Crippen molar-refractivity contribution in [3.63, 3.8) is 0 Å². The highest BCUT2D eigenvalue weighted by Gasteiger charge is 2.18. The molecule has 0 unspecified atom stereocenters. The number of halogens is 3. The highest BCUT2D eigenvalue weighted by molar-refractivity contribution is 9.10. The van der Waals surface area contributed by atoms with E-state index in [0.717, 1.165) is 19.0 Å². The minimum atomic E-state index is -3.80. The molecule has 0 spiro atoms. The molecule has 0 bridgehead atoms. The minimum absolute atomic E-state index is 0. The molecule has 0 aromatic heterocycles. The van der Waals surface area contributed by atoms with Crippen LogP contribution in [0.1, 0.15) is 13.3 Å². The van der Waals surface area contributed by atoms with E-state index in [9.17, 15) is 12.8 Å². The van der Waals surface area contributed by atoms with Crippen molar-refractivity contribution in [2.45, 2.75) is 18.2 Å². The maximum atomic E-state index is 13.4. The molecule has 1 aromatic carbocycles. The van der Waals surface area contributed by atoms with Crippen LogP contribution in [-0.4, -0.2) is 28.1 Å². The van der Waals surface area contributed by atoms with Gasteiger partial charge in [0.1, 0.15) is 10.7 Å². The zero-order valence-corrected chi connectivity index (χ0v) is 13.7. The third kappa shape index (κ3) is 6.18. The molecule has 0 amide bonds. The second-order valence-electron chi connectivity index (χ2n) is 3.72. The van der Waals surface area contributed by atoms with Crippen molar-refractivity contribution in [1.82, 2.24) is 10.0 Å². The minimum Gasteiger partial charge on any atom is -0.315 e. The molecule has 0 aliphatic rings. The summed E-state index contributed by atoms with van der Waals surface area (Å²) >= 11 is 3.12. The molecule has 1 rings (SSSR count). The zero-order valence-electron chi connectivity index (χ0n) is 10.4. The standard InChI is InChI=1S/C11H16BrFN2O2S.ClH/c1-2-5-14-6-7-15-18(16,17)11-8-9(12)3-4-10(11)13;/h3-4,8,14-15H,2,5-7H2,1H3;1H. The van der Waals surface area contributed by atoms with Gasteiger partial charge in [-0.3, -0.25) is 0 Å². The van der Waals surface area contributed by atoms with Gasteiger partial charge in [-0.25, -0.2) is 17.5 Å². The lowest BCUT2D eigenvalue weighted by atomic mass is 10.3. The summed E-state index contributed by atoms with van der Waals surface area (Å²) in [7, 11) is -3.80. The molecule has 1 aromatic rings. The Morgan fingerprint density at radius 1 is 1.26 bits per heavy atom. The summed E-state index contributed by atoms with van der Waals surface area (Å²) in [6.45, 7) is 3.60. The van der Waals surface area contributed by atoms with Gasteiger partial charge in [-0.1, -0.05) is 22.9 Å².